The van der Waals surface area contributed by atoms with Crippen LogP contribution in [0.3, 0.4) is 0 Å². The first-order valence-electron chi connectivity index (χ1n) is 5.25. The molecule has 1 amide bonds. The van der Waals surface area contributed by atoms with Gasteiger partial charge in [-0.05, 0) is 34.6 Å². The second-order valence-electron chi connectivity index (χ2n) is 4.82. The van der Waals surface area contributed by atoms with E-state index in [1.54, 1.807) is 34.6 Å². The molecule has 6 nitrogen and oxygen atoms in total. The molecule has 0 aromatic heterocycles. The Kier molecular flexibility index (Phi) is 5.20. The van der Waals surface area contributed by atoms with Crippen molar-refractivity contribution in [1.29, 1.82) is 0 Å². The van der Waals surface area contributed by atoms with Crippen molar-refractivity contribution in [3.8, 4) is 0 Å². The lowest BCUT2D eigenvalue weighted by atomic mass is 10.2. The molecule has 0 saturated carbocycles. The summed E-state index contributed by atoms with van der Waals surface area (Å²) in [4.78, 5) is 22.9. The molecule has 0 aliphatic heterocycles. The lowest BCUT2D eigenvalue weighted by Crippen LogP contribution is -2.43. The van der Waals surface area contributed by atoms with Crippen molar-refractivity contribution in [3.63, 3.8) is 0 Å². The summed E-state index contributed by atoms with van der Waals surface area (Å²) in [6.07, 6.45) is -0.510. The molecule has 0 aliphatic carbocycles. The molecule has 0 heterocycles. The van der Waals surface area contributed by atoms with Gasteiger partial charge in [-0.2, -0.15) is 0 Å². The van der Waals surface area contributed by atoms with Crippen LogP contribution in [0, 0.1) is 10.1 Å². The number of hydrogen-bond acceptors (Lipinski definition) is 4. The van der Waals surface area contributed by atoms with Crippen LogP contribution in [0.2, 0.25) is 0 Å². The van der Waals surface area contributed by atoms with Crippen molar-refractivity contribution >= 4 is 6.09 Å². The molecule has 0 bridgehead atoms. The molecule has 0 radical (unpaired) electrons. The highest BCUT2D eigenvalue weighted by Crippen LogP contribution is 2.11. The Morgan fingerprint density at radius 2 is 1.94 bits per heavy atom. The average Bonchev–Trinajstić information content (AvgIpc) is 1.98. The van der Waals surface area contributed by atoms with Crippen LogP contribution in [-0.4, -0.2) is 40.6 Å². The molecule has 0 aromatic rings. The van der Waals surface area contributed by atoms with Gasteiger partial charge in [0.2, 0.25) is 6.54 Å². The second-order valence-corrected chi connectivity index (χ2v) is 4.82. The van der Waals surface area contributed by atoms with Gasteiger partial charge in [0.25, 0.3) is 0 Å². The van der Waals surface area contributed by atoms with Crippen LogP contribution in [0.15, 0.2) is 0 Å². The highest BCUT2D eigenvalue weighted by molar-refractivity contribution is 5.68. The highest BCUT2D eigenvalue weighted by atomic mass is 16.6. The van der Waals surface area contributed by atoms with Crippen molar-refractivity contribution in [2.24, 2.45) is 0 Å². The van der Waals surface area contributed by atoms with E-state index in [9.17, 15) is 14.9 Å². The van der Waals surface area contributed by atoms with Gasteiger partial charge in [0, 0.05) is 11.0 Å². The number of carbonyl (C=O) groups excluding carboxylic acids is 1. The zero-order valence-electron chi connectivity index (χ0n) is 10.5. The van der Waals surface area contributed by atoms with Crippen molar-refractivity contribution in [1.82, 2.24) is 4.90 Å². The van der Waals surface area contributed by atoms with Gasteiger partial charge in [-0.25, -0.2) is 4.79 Å². The SMILES string of the molecule is CC(C)N(CC[N+](=O)[O-])C(=O)OC(C)(C)C. The maximum Gasteiger partial charge on any atom is 0.410 e. The molecule has 16 heavy (non-hydrogen) atoms. The molecule has 0 aromatic carbocycles. The summed E-state index contributed by atoms with van der Waals surface area (Å²) in [5.41, 5.74) is -0.584. The fraction of sp³-hybridized carbons (Fsp3) is 0.900. The standard InChI is InChI=1S/C10H20N2O4/c1-8(2)11(6-7-12(14)15)9(13)16-10(3,4)5/h8H,6-7H2,1-5H3. The molecule has 0 aliphatic rings. The zero-order valence-corrected chi connectivity index (χ0v) is 10.5. The van der Waals surface area contributed by atoms with Crippen LogP contribution < -0.4 is 0 Å². The molecule has 6 heteroatoms. The molecule has 0 rings (SSSR count). The quantitative estimate of drug-likeness (QED) is 0.548. The summed E-state index contributed by atoms with van der Waals surface area (Å²) in [7, 11) is 0. The van der Waals surface area contributed by atoms with E-state index in [4.69, 9.17) is 4.74 Å². The van der Waals surface area contributed by atoms with Gasteiger partial charge >= 0.3 is 6.09 Å². The summed E-state index contributed by atoms with van der Waals surface area (Å²) < 4.78 is 5.16. The minimum Gasteiger partial charge on any atom is -0.444 e. The van der Waals surface area contributed by atoms with Crippen molar-refractivity contribution in [3.05, 3.63) is 10.1 Å². The predicted molar refractivity (Wildman–Crippen MR) is 59.9 cm³/mol. The van der Waals surface area contributed by atoms with Crippen LogP contribution in [-0.2, 0) is 4.74 Å². The Hall–Kier alpha value is -1.33. The molecule has 0 N–H and O–H groups in total. The van der Waals surface area contributed by atoms with Gasteiger partial charge in [0.05, 0.1) is 6.54 Å². The summed E-state index contributed by atoms with van der Waals surface area (Å²) in [6, 6.07) is -0.116. The van der Waals surface area contributed by atoms with Crippen LogP contribution in [0.4, 0.5) is 4.79 Å². The summed E-state index contributed by atoms with van der Waals surface area (Å²) in [6.45, 7) is 8.68. The number of amides is 1. The smallest absolute Gasteiger partial charge is 0.410 e. The van der Waals surface area contributed by atoms with Gasteiger partial charge < -0.3 is 4.74 Å². The summed E-state index contributed by atoms with van der Waals surface area (Å²) >= 11 is 0. The fourth-order valence-corrected chi connectivity index (χ4v) is 1.07. The molecule has 0 fully saturated rings. The van der Waals surface area contributed by atoms with E-state index in [0.29, 0.717) is 0 Å². The number of nitro groups is 1. The van der Waals surface area contributed by atoms with Crippen LogP contribution >= 0.6 is 0 Å². The monoisotopic (exact) mass is 232 g/mol. The average molecular weight is 232 g/mol. The number of hydrogen-bond donors (Lipinski definition) is 0. The maximum absolute atomic E-state index is 11.7. The van der Waals surface area contributed by atoms with E-state index in [1.165, 1.54) is 4.90 Å². The van der Waals surface area contributed by atoms with E-state index >= 15 is 0 Å². The van der Waals surface area contributed by atoms with E-state index in [0.717, 1.165) is 0 Å². The Bertz CT molecular complexity index is 258. The molecular weight excluding hydrogens is 212 g/mol. The number of ether oxygens (including phenoxy) is 1. The molecule has 0 saturated heterocycles. The van der Waals surface area contributed by atoms with Crippen LogP contribution in [0.25, 0.3) is 0 Å². The Morgan fingerprint density at radius 3 is 2.25 bits per heavy atom. The van der Waals surface area contributed by atoms with E-state index < -0.39 is 16.6 Å². The van der Waals surface area contributed by atoms with Crippen LogP contribution in [0.1, 0.15) is 34.6 Å². The Labute approximate surface area is 95.7 Å². The Morgan fingerprint density at radius 1 is 1.44 bits per heavy atom. The summed E-state index contributed by atoms with van der Waals surface area (Å²) in [5.74, 6) is 0. The molecule has 94 valence electrons. The third kappa shape index (κ3) is 6.21. The zero-order chi connectivity index (χ0) is 12.9. The van der Waals surface area contributed by atoms with Crippen LogP contribution in [0.5, 0.6) is 0 Å². The third-order valence-electron chi connectivity index (χ3n) is 1.77. The number of rotatable bonds is 4. The van der Waals surface area contributed by atoms with Gasteiger partial charge in [-0.3, -0.25) is 15.0 Å². The normalized spacial score (nSPS) is 11.4. The molecule has 0 unspecified atom stereocenters. The minimum atomic E-state index is -0.584. The summed E-state index contributed by atoms with van der Waals surface area (Å²) in [5, 5.41) is 10.3. The second kappa shape index (κ2) is 5.67. The highest BCUT2D eigenvalue weighted by Gasteiger charge is 2.24. The lowest BCUT2D eigenvalue weighted by molar-refractivity contribution is -0.480. The van der Waals surface area contributed by atoms with E-state index in [-0.39, 0.29) is 19.1 Å². The molecular formula is C10H20N2O4. The van der Waals surface area contributed by atoms with Gasteiger partial charge in [-0.15, -0.1) is 0 Å². The third-order valence-corrected chi connectivity index (χ3v) is 1.77. The van der Waals surface area contributed by atoms with Crippen molar-refractivity contribution in [2.45, 2.75) is 46.3 Å². The topological polar surface area (TPSA) is 72.7 Å². The lowest BCUT2D eigenvalue weighted by Gasteiger charge is -2.28. The maximum atomic E-state index is 11.7. The minimum absolute atomic E-state index is 0.0690. The number of nitrogens with zero attached hydrogens (tertiary/aromatic N) is 2. The van der Waals surface area contributed by atoms with Crippen molar-refractivity contribution in [2.75, 3.05) is 13.1 Å². The first kappa shape index (κ1) is 14.7. The van der Waals surface area contributed by atoms with Gasteiger partial charge in [0.15, 0.2) is 0 Å². The number of carbonyl (C=O) groups is 1. The fourth-order valence-electron chi connectivity index (χ4n) is 1.07. The largest absolute Gasteiger partial charge is 0.444 e. The first-order valence-corrected chi connectivity index (χ1v) is 5.25. The first-order chi connectivity index (χ1) is 7.13. The van der Waals surface area contributed by atoms with Crippen molar-refractivity contribution < 1.29 is 14.5 Å². The van der Waals surface area contributed by atoms with Gasteiger partial charge in [-0.1, -0.05) is 0 Å². The van der Waals surface area contributed by atoms with Gasteiger partial charge in [0.1, 0.15) is 5.60 Å². The molecule has 0 spiro atoms. The van der Waals surface area contributed by atoms with E-state index in [2.05, 4.69) is 0 Å². The molecule has 0 atom stereocenters. The Balaban J connectivity index is 4.42. The van der Waals surface area contributed by atoms with E-state index in [1.807, 2.05) is 0 Å². The predicted octanol–water partition coefficient (Wildman–Crippen LogP) is 1.91.